The predicted molar refractivity (Wildman–Crippen MR) is 119 cm³/mol. The number of anilines is 2. The summed E-state index contributed by atoms with van der Waals surface area (Å²) in [5, 5.41) is 3.35. The molecule has 1 unspecified atom stereocenters. The fraction of sp³-hybridized carbons (Fsp3) is 0.0385. The highest BCUT2D eigenvalue weighted by Gasteiger charge is 2.34. The summed E-state index contributed by atoms with van der Waals surface area (Å²) in [7, 11) is 0. The van der Waals surface area contributed by atoms with E-state index in [1.54, 1.807) is 60.7 Å². The molecule has 0 bridgehead atoms. The number of nitrogens with zero attached hydrogens (tertiary/aromatic N) is 1. The maximum absolute atomic E-state index is 14.5. The third kappa shape index (κ3) is 3.67. The molecule has 1 heterocycles. The quantitative estimate of drug-likeness (QED) is 0.402. The van der Waals surface area contributed by atoms with Gasteiger partial charge in [0.1, 0.15) is 17.7 Å². The Morgan fingerprint density at radius 3 is 2.31 bits per heavy atom. The van der Waals surface area contributed by atoms with Crippen LogP contribution in [0, 0.1) is 11.6 Å². The van der Waals surface area contributed by atoms with Crippen molar-refractivity contribution in [2.24, 2.45) is 0 Å². The number of hydrogen-bond donors (Lipinski definition) is 1. The minimum Gasteiger partial charge on any atom is -0.454 e. The molecule has 1 atom stereocenters. The van der Waals surface area contributed by atoms with Crippen LogP contribution in [0.4, 0.5) is 20.2 Å². The fourth-order valence-electron chi connectivity index (χ4n) is 3.74. The van der Waals surface area contributed by atoms with Gasteiger partial charge in [-0.15, -0.1) is 0 Å². The maximum Gasteiger partial charge on any atom is 0.262 e. The maximum atomic E-state index is 14.5. The summed E-state index contributed by atoms with van der Waals surface area (Å²) < 4.78 is 33.8. The first-order chi connectivity index (χ1) is 15.6. The summed E-state index contributed by atoms with van der Waals surface area (Å²) in [6, 6.07) is 26.2. The van der Waals surface area contributed by atoms with Crippen molar-refractivity contribution in [2.75, 3.05) is 10.2 Å². The van der Waals surface area contributed by atoms with Gasteiger partial charge in [-0.2, -0.15) is 0 Å². The highest BCUT2D eigenvalue weighted by molar-refractivity contribution is 6.12. The Balaban J connectivity index is 1.59. The zero-order chi connectivity index (χ0) is 22.1. The molecule has 0 aliphatic carbocycles. The Hall–Kier alpha value is -4.19. The summed E-state index contributed by atoms with van der Waals surface area (Å²) in [4.78, 5) is 14.9. The predicted octanol–water partition coefficient (Wildman–Crippen LogP) is 6.53. The molecule has 1 N–H and O–H groups in total. The van der Waals surface area contributed by atoms with E-state index in [0.717, 1.165) is 0 Å². The van der Waals surface area contributed by atoms with Gasteiger partial charge in [0, 0.05) is 11.4 Å². The minimum absolute atomic E-state index is 0.0425. The lowest BCUT2D eigenvalue weighted by Gasteiger charge is -2.38. The number of carbonyl (C=O) groups excluding carboxylic acids is 1. The summed E-state index contributed by atoms with van der Waals surface area (Å²) in [6.45, 7) is 0. The van der Waals surface area contributed by atoms with E-state index < -0.39 is 17.8 Å². The Bertz CT molecular complexity index is 1280. The molecule has 6 heteroatoms. The van der Waals surface area contributed by atoms with Gasteiger partial charge in [0.2, 0.25) is 0 Å². The third-order valence-corrected chi connectivity index (χ3v) is 5.27. The van der Waals surface area contributed by atoms with Crippen LogP contribution in [0.2, 0.25) is 0 Å². The van der Waals surface area contributed by atoms with Crippen molar-refractivity contribution in [3.8, 4) is 11.5 Å². The number of rotatable bonds is 4. The van der Waals surface area contributed by atoms with Crippen LogP contribution in [-0.2, 0) is 0 Å². The van der Waals surface area contributed by atoms with Crippen LogP contribution in [0.5, 0.6) is 11.5 Å². The van der Waals surface area contributed by atoms with Crippen LogP contribution in [0.15, 0.2) is 97.1 Å². The first kappa shape index (κ1) is 19.8. The molecule has 0 aromatic heterocycles. The van der Waals surface area contributed by atoms with Crippen LogP contribution < -0.4 is 15.0 Å². The largest absolute Gasteiger partial charge is 0.454 e. The van der Waals surface area contributed by atoms with E-state index >= 15 is 0 Å². The van der Waals surface area contributed by atoms with E-state index in [0.29, 0.717) is 28.3 Å². The van der Waals surface area contributed by atoms with Crippen molar-refractivity contribution >= 4 is 17.3 Å². The van der Waals surface area contributed by atoms with Crippen LogP contribution in [-0.4, -0.2) is 5.91 Å². The summed E-state index contributed by atoms with van der Waals surface area (Å²) >= 11 is 0. The number of benzene rings is 4. The van der Waals surface area contributed by atoms with E-state index in [9.17, 15) is 13.6 Å². The Morgan fingerprint density at radius 1 is 0.812 bits per heavy atom. The second kappa shape index (κ2) is 8.15. The highest BCUT2D eigenvalue weighted by Crippen LogP contribution is 2.38. The Morgan fingerprint density at radius 2 is 1.53 bits per heavy atom. The van der Waals surface area contributed by atoms with E-state index in [-0.39, 0.29) is 11.7 Å². The van der Waals surface area contributed by atoms with Crippen LogP contribution in [0.1, 0.15) is 22.1 Å². The van der Waals surface area contributed by atoms with Gasteiger partial charge in [-0.05, 0) is 66.2 Å². The Labute approximate surface area is 183 Å². The fourth-order valence-corrected chi connectivity index (χ4v) is 3.74. The Kier molecular flexibility index (Phi) is 5.03. The average molecular weight is 428 g/mol. The van der Waals surface area contributed by atoms with Crippen LogP contribution >= 0.6 is 0 Å². The van der Waals surface area contributed by atoms with Crippen molar-refractivity contribution < 1.29 is 18.3 Å². The number of para-hydroxylation sites is 2. The second-order valence-corrected chi connectivity index (χ2v) is 7.35. The SMILES string of the molecule is O=C1c2ccccc2NC(c2ccc(F)c(Oc3ccccc3)c2)N1c1ccc(F)cc1. The normalized spacial score (nSPS) is 15.1. The lowest BCUT2D eigenvalue weighted by atomic mass is 10.0. The molecule has 1 aliphatic rings. The number of hydrogen-bond acceptors (Lipinski definition) is 3. The molecule has 0 spiro atoms. The molecule has 4 aromatic rings. The lowest BCUT2D eigenvalue weighted by molar-refractivity contribution is 0.0975. The molecular weight excluding hydrogens is 410 g/mol. The van der Waals surface area contributed by atoms with Gasteiger partial charge in [-0.3, -0.25) is 9.69 Å². The lowest BCUT2D eigenvalue weighted by Crippen LogP contribution is -2.43. The standard InChI is InChI=1S/C26H18F2N2O2/c27-18-11-13-19(14-12-18)30-25(29-23-9-5-4-8-21(23)26(30)31)17-10-15-22(28)24(16-17)32-20-6-2-1-3-7-20/h1-16,25,29H. The first-order valence-corrected chi connectivity index (χ1v) is 10.1. The number of fused-ring (bicyclic) bond motifs is 1. The number of carbonyl (C=O) groups is 1. The van der Waals surface area contributed by atoms with Gasteiger partial charge in [0.05, 0.1) is 5.56 Å². The monoisotopic (exact) mass is 428 g/mol. The number of nitrogens with one attached hydrogen (secondary N) is 1. The minimum atomic E-state index is -0.651. The number of amides is 1. The van der Waals surface area contributed by atoms with Gasteiger partial charge in [0.15, 0.2) is 11.6 Å². The molecule has 0 saturated carbocycles. The molecule has 0 radical (unpaired) electrons. The molecule has 158 valence electrons. The van der Waals surface area contributed by atoms with Gasteiger partial charge in [-0.25, -0.2) is 8.78 Å². The van der Waals surface area contributed by atoms with Gasteiger partial charge >= 0.3 is 0 Å². The van der Waals surface area contributed by atoms with Crippen molar-refractivity contribution in [2.45, 2.75) is 6.17 Å². The molecule has 32 heavy (non-hydrogen) atoms. The van der Waals surface area contributed by atoms with E-state index in [2.05, 4.69) is 5.32 Å². The summed E-state index contributed by atoms with van der Waals surface area (Å²) in [5.74, 6) is -0.624. The molecule has 0 fully saturated rings. The molecule has 0 saturated heterocycles. The van der Waals surface area contributed by atoms with Crippen LogP contribution in [0.3, 0.4) is 0 Å². The van der Waals surface area contributed by atoms with Crippen molar-refractivity contribution in [1.29, 1.82) is 0 Å². The summed E-state index contributed by atoms with van der Waals surface area (Å²) in [5.41, 5.74) is 2.29. The molecule has 1 amide bonds. The zero-order valence-electron chi connectivity index (χ0n) is 16.8. The van der Waals surface area contributed by atoms with E-state index in [4.69, 9.17) is 4.74 Å². The number of ether oxygens (including phenoxy) is 1. The molecule has 1 aliphatic heterocycles. The molecular formula is C26H18F2N2O2. The molecule has 4 aromatic carbocycles. The van der Waals surface area contributed by atoms with Crippen LogP contribution in [0.25, 0.3) is 0 Å². The van der Waals surface area contributed by atoms with Crippen molar-refractivity contribution in [3.63, 3.8) is 0 Å². The number of halogens is 2. The zero-order valence-corrected chi connectivity index (χ0v) is 16.8. The van der Waals surface area contributed by atoms with E-state index in [1.807, 2.05) is 18.2 Å². The van der Waals surface area contributed by atoms with Gasteiger partial charge in [0.25, 0.3) is 5.91 Å². The second-order valence-electron chi connectivity index (χ2n) is 7.35. The topological polar surface area (TPSA) is 41.6 Å². The van der Waals surface area contributed by atoms with E-state index in [1.165, 1.54) is 23.1 Å². The van der Waals surface area contributed by atoms with Crippen molar-refractivity contribution in [3.05, 3.63) is 120 Å². The summed E-state index contributed by atoms with van der Waals surface area (Å²) in [6.07, 6.45) is -0.651. The molecule has 5 rings (SSSR count). The average Bonchev–Trinajstić information content (AvgIpc) is 2.82. The van der Waals surface area contributed by atoms with Gasteiger partial charge in [-0.1, -0.05) is 36.4 Å². The molecule has 4 nitrogen and oxygen atoms in total. The van der Waals surface area contributed by atoms with Gasteiger partial charge < -0.3 is 10.1 Å². The first-order valence-electron chi connectivity index (χ1n) is 10.1. The smallest absolute Gasteiger partial charge is 0.262 e. The third-order valence-electron chi connectivity index (χ3n) is 5.27. The highest BCUT2D eigenvalue weighted by atomic mass is 19.1. The van der Waals surface area contributed by atoms with Crippen molar-refractivity contribution in [1.82, 2.24) is 0 Å².